The Morgan fingerprint density at radius 3 is 2.81 bits per heavy atom. The fourth-order valence-electron chi connectivity index (χ4n) is 1.63. The molecular formula is C15H24BrN3O2. The monoisotopic (exact) mass is 357 g/mol. The van der Waals surface area contributed by atoms with E-state index in [1.165, 1.54) is 5.06 Å². The Morgan fingerprint density at radius 1 is 1.48 bits per heavy atom. The van der Waals surface area contributed by atoms with E-state index in [1.54, 1.807) is 20.5 Å². The van der Waals surface area contributed by atoms with Crippen LogP contribution in [0, 0.1) is 12.8 Å². The first-order valence-corrected chi connectivity index (χ1v) is 7.84. The van der Waals surface area contributed by atoms with Crippen LogP contribution >= 0.6 is 15.9 Å². The summed E-state index contributed by atoms with van der Waals surface area (Å²) < 4.78 is 6.53. The summed E-state index contributed by atoms with van der Waals surface area (Å²) in [7, 11) is 3.36. The van der Waals surface area contributed by atoms with Crippen LogP contribution < -0.4 is 4.74 Å². The molecule has 0 spiro atoms. The van der Waals surface area contributed by atoms with Crippen molar-refractivity contribution >= 4 is 28.0 Å². The van der Waals surface area contributed by atoms with E-state index in [2.05, 4.69) is 39.8 Å². The van der Waals surface area contributed by atoms with E-state index in [9.17, 15) is 0 Å². The predicted molar refractivity (Wildman–Crippen MR) is 89.2 cm³/mol. The third-order valence-electron chi connectivity index (χ3n) is 2.92. The van der Waals surface area contributed by atoms with Crippen LogP contribution in [0.4, 0.5) is 5.69 Å². The summed E-state index contributed by atoms with van der Waals surface area (Å²) in [6, 6.07) is 1.90. The summed E-state index contributed by atoms with van der Waals surface area (Å²) in [5.74, 6) is 1.32. The molecule has 0 aliphatic rings. The molecule has 1 rings (SSSR count). The van der Waals surface area contributed by atoms with Crippen molar-refractivity contribution in [3.8, 4) is 5.88 Å². The van der Waals surface area contributed by atoms with Crippen molar-refractivity contribution in [3.05, 3.63) is 16.2 Å². The molecule has 1 aromatic heterocycles. The molecule has 0 saturated heterocycles. The summed E-state index contributed by atoms with van der Waals surface area (Å²) in [6.45, 7) is 7.01. The number of pyridine rings is 1. The number of hydroxylamine groups is 2. The van der Waals surface area contributed by atoms with Crippen LogP contribution in [-0.2, 0) is 4.84 Å². The van der Waals surface area contributed by atoms with Gasteiger partial charge in [-0.15, -0.1) is 0 Å². The summed E-state index contributed by atoms with van der Waals surface area (Å²) >= 11 is 3.48. The van der Waals surface area contributed by atoms with Crippen molar-refractivity contribution < 1.29 is 9.57 Å². The van der Waals surface area contributed by atoms with Gasteiger partial charge in [-0.1, -0.05) is 13.8 Å². The SMILES string of the molecule is CON(C)C=Nc1cc(Br)c(OCCCC(C)C)nc1C. The molecule has 1 aromatic rings. The van der Waals surface area contributed by atoms with Gasteiger partial charge in [0.1, 0.15) is 6.34 Å². The lowest BCUT2D eigenvalue weighted by atomic mass is 10.1. The zero-order valence-electron chi connectivity index (χ0n) is 13.4. The van der Waals surface area contributed by atoms with Crippen LogP contribution in [0.2, 0.25) is 0 Å². The fraction of sp³-hybridized carbons (Fsp3) is 0.600. The van der Waals surface area contributed by atoms with E-state index in [0.717, 1.165) is 28.7 Å². The molecule has 0 fully saturated rings. The largest absolute Gasteiger partial charge is 0.477 e. The molecule has 118 valence electrons. The first kappa shape index (κ1) is 17.9. The van der Waals surface area contributed by atoms with E-state index in [-0.39, 0.29) is 0 Å². The minimum atomic E-state index is 0.621. The third kappa shape index (κ3) is 6.44. The fourth-order valence-corrected chi connectivity index (χ4v) is 2.05. The van der Waals surface area contributed by atoms with Gasteiger partial charge in [0.25, 0.3) is 0 Å². The van der Waals surface area contributed by atoms with Gasteiger partial charge in [0, 0.05) is 7.05 Å². The van der Waals surface area contributed by atoms with E-state index in [1.807, 2.05) is 13.0 Å². The van der Waals surface area contributed by atoms with Crippen molar-refractivity contribution in [1.82, 2.24) is 10.0 Å². The van der Waals surface area contributed by atoms with Crippen molar-refractivity contribution in [3.63, 3.8) is 0 Å². The van der Waals surface area contributed by atoms with Crippen molar-refractivity contribution in [2.75, 3.05) is 20.8 Å². The second kappa shape index (κ2) is 9.00. The first-order valence-electron chi connectivity index (χ1n) is 7.05. The molecule has 5 nitrogen and oxygen atoms in total. The van der Waals surface area contributed by atoms with Crippen LogP contribution in [0.1, 0.15) is 32.4 Å². The van der Waals surface area contributed by atoms with Gasteiger partial charge >= 0.3 is 0 Å². The van der Waals surface area contributed by atoms with Gasteiger partial charge in [-0.05, 0) is 47.7 Å². The molecule has 0 aliphatic carbocycles. The van der Waals surface area contributed by atoms with Crippen molar-refractivity contribution in [2.24, 2.45) is 10.9 Å². The van der Waals surface area contributed by atoms with E-state index in [4.69, 9.17) is 9.57 Å². The first-order chi connectivity index (χ1) is 9.93. The molecule has 0 amide bonds. The van der Waals surface area contributed by atoms with Gasteiger partial charge in [0.15, 0.2) is 0 Å². The van der Waals surface area contributed by atoms with Crippen molar-refractivity contribution in [1.29, 1.82) is 0 Å². The highest BCUT2D eigenvalue weighted by atomic mass is 79.9. The standard InChI is InChI=1S/C15H24BrN3O2/c1-11(2)7-6-8-21-15-13(16)9-14(12(3)18-15)17-10-19(4)20-5/h9-11H,6-8H2,1-5H3. The zero-order valence-corrected chi connectivity index (χ0v) is 15.0. The highest BCUT2D eigenvalue weighted by molar-refractivity contribution is 9.10. The smallest absolute Gasteiger partial charge is 0.228 e. The molecule has 0 unspecified atom stereocenters. The Bertz CT molecular complexity index is 478. The third-order valence-corrected chi connectivity index (χ3v) is 3.49. The highest BCUT2D eigenvalue weighted by Gasteiger charge is 2.08. The van der Waals surface area contributed by atoms with Gasteiger partial charge in [0.2, 0.25) is 5.88 Å². The number of ether oxygens (including phenoxy) is 1. The second-order valence-corrected chi connectivity index (χ2v) is 6.09. The van der Waals surface area contributed by atoms with Crippen LogP contribution in [0.15, 0.2) is 15.5 Å². The molecule has 21 heavy (non-hydrogen) atoms. The maximum absolute atomic E-state index is 5.72. The van der Waals surface area contributed by atoms with Gasteiger partial charge in [0.05, 0.1) is 29.6 Å². The van der Waals surface area contributed by atoms with Gasteiger partial charge in [-0.2, -0.15) is 0 Å². The summed E-state index contributed by atoms with van der Waals surface area (Å²) in [4.78, 5) is 13.8. The number of aromatic nitrogens is 1. The molecule has 6 heteroatoms. The zero-order chi connectivity index (χ0) is 15.8. The highest BCUT2D eigenvalue weighted by Crippen LogP contribution is 2.29. The Kier molecular flexibility index (Phi) is 7.67. The lowest BCUT2D eigenvalue weighted by molar-refractivity contribution is -0.0363. The van der Waals surface area contributed by atoms with Crippen LogP contribution in [0.5, 0.6) is 5.88 Å². The number of rotatable bonds is 8. The summed E-state index contributed by atoms with van der Waals surface area (Å²) in [5, 5.41) is 1.52. The van der Waals surface area contributed by atoms with E-state index in [0.29, 0.717) is 18.4 Å². The van der Waals surface area contributed by atoms with Crippen LogP contribution in [0.3, 0.4) is 0 Å². The van der Waals surface area contributed by atoms with Crippen molar-refractivity contribution in [2.45, 2.75) is 33.6 Å². The van der Waals surface area contributed by atoms with Gasteiger partial charge in [-0.3, -0.25) is 4.84 Å². The number of aryl methyl sites for hydroxylation is 1. The number of halogens is 1. The number of nitrogens with zero attached hydrogens (tertiary/aromatic N) is 3. The van der Waals surface area contributed by atoms with Crippen LogP contribution in [0.25, 0.3) is 0 Å². The summed E-state index contributed by atoms with van der Waals surface area (Å²) in [5.41, 5.74) is 1.60. The predicted octanol–water partition coefficient (Wildman–Crippen LogP) is 4.12. The number of hydrogen-bond donors (Lipinski definition) is 0. The maximum atomic E-state index is 5.72. The Morgan fingerprint density at radius 2 is 2.19 bits per heavy atom. The molecule has 0 N–H and O–H groups in total. The lowest BCUT2D eigenvalue weighted by Gasteiger charge is -2.11. The van der Waals surface area contributed by atoms with E-state index >= 15 is 0 Å². The lowest BCUT2D eigenvalue weighted by Crippen LogP contribution is -2.13. The molecule has 0 bridgehead atoms. The summed E-state index contributed by atoms with van der Waals surface area (Å²) in [6.07, 6.45) is 3.78. The second-order valence-electron chi connectivity index (χ2n) is 5.24. The molecule has 1 heterocycles. The van der Waals surface area contributed by atoms with Crippen LogP contribution in [-0.4, -0.2) is 37.2 Å². The quantitative estimate of drug-likeness (QED) is 0.304. The Labute approximate surface area is 135 Å². The van der Waals surface area contributed by atoms with E-state index < -0.39 is 0 Å². The Balaban J connectivity index is 2.68. The average Bonchev–Trinajstić information content (AvgIpc) is 2.44. The molecule has 0 radical (unpaired) electrons. The van der Waals surface area contributed by atoms with Gasteiger partial charge < -0.3 is 4.74 Å². The number of aliphatic imine (C=N–C) groups is 1. The minimum absolute atomic E-state index is 0.621. The molecule has 0 atom stereocenters. The molecule has 0 aliphatic heterocycles. The normalized spacial score (nSPS) is 11.4. The molecular weight excluding hydrogens is 334 g/mol. The number of hydrogen-bond acceptors (Lipinski definition) is 4. The average molecular weight is 358 g/mol. The molecule has 0 saturated carbocycles. The topological polar surface area (TPSA) is 47.0 Å². The Hall–Kier alpha value is -1.14. The van der Waals surface area contributed by atoms with Gasteiger partial charge in [-0.25, -0.2) is 15.0 Å². The minimum Gasteiger partial charge on any atom is -0.477 e. The molecule has 0 aromatic carbocycles. The maximum Gasteiger partial charge on any atom is 0.228 e.